The van der Waals surface area contributed by atoms with E-state index in [1.54, 1.807) is 0 Å². The number of hydrogen-bond acceptors (Lipinski definition) is 0. The summed E-state index contributed by atoms with van der Waals surface area (Å²) in [5.41, 5.74) is 0. The molecule has 0 amide bonds. The first-order valence-corrected chi connectivity index (χ1v) is 7.74. The molecule has 0 saturated heterocycles. The molecule has 0 fully saturated rings. The van der Waals surface area contributed by atoms with Crippen LogP contribution >= 0.6 is 0 Å². The fourth-order valence-electron chi connectivity index (χ4n) is 2.51. The van der Waals surface area contributed by atoms with Gasteiger partial charge in [-0.1, -0.05) is 58.6 Å². The highest BCUT2D eigenvalue weighted by atomic mass is 15.3. The zero-order valence-electron chi connectivity index (χ0n) is 12.8. The second kappa shape index (κ2) is 11.5. The fourth-order valence-corrected chi connectivity index (χ4v) is 2.51. The van der Waals surface area contributed by atoms with Crippen molar-refractivity contribution in [3.05, 3.63) is 25.3 Å². The molecule has 0 bridgehead atoms. The Hall–Kier alpha value is -0.560. The zero-order valence-corrected chi connectivity index (χ0v) is 12.8. The maximum absolute atomic E-state index is 3.86. The van der Waals surface area contributed by atoms with E-state index in [9.17, 15) is 0 Å². The third-order valence-electron chi connectivity index (χ3n) is 3.69. The highest BCUT2D eigenvalue weighted by Crippen LogP contribution is 2.11. The van der Waals surface area contributed by atoms with E-state index in [0.29, 0.717) is 0 Å². The van der Waals surface area contributed by atoms with Gasteiger partial charge in [0.15, 0.2) is 0 Å². The van der Waals surface area contributed by atoms with Crippen molar-refractivity contribution >= 4 is 0 Å². The summed E-state index contributed by atoms with van der Waals surface area (Å²) in [5, 5.41) is 0. The summed E-state index contributed by atoms with van der Waals surface area (Å²) < 4.78 is 1.07. The van der Waals surface area contributed by atoms with Gasteiger partial charge in [0.1, 0.15) is 0 Å². The quantitative estimate of drug-likeness (QED) is 0.247. The number of quaternary nitrogens is 1. The predicted octanol–water partition coefficient (Wildman–Crippen LogP) is 4.95. The van der Waals surface area contributed by atoms with Crippen LogP contribution in [-0.2, 0) is 0 Å². The van der Waals surface area contributed by atoms with Crippen molar-refractivity contribution in [3.63, 3.8) is 0 Å². The molecule has 0 aromatic carbocycles. The van der Waals surface area contributed by atoms with Crippen LogP contribution in [0.1, 0.15) is 58.3 Å². The van der Waals surface area contributed by atoms with E-state index >= 15 is 0 Å². The minimum absolute atomic E-state index is 1.06. The van der Waals surface area contributed by atoms with Gasteiger partial charge in [-0.3, -0.25) is 0 Å². The fraction of sp³-hybridized carbons (Fsp3) is 0.765. The van der Waals surface area contributed by atoms with Gasteiger partial charge in [-0.25, -0.2) is 0 Å². The molecule has 0 aromatic rings. The van der Waals surface area contributed by atoms with Gasteiger partial charge in [-0.05, 0) is 25.0 Å². The zero-order chi connectivity index (χ0) is 13.7. The largest absolute Gasteiger partial charge is 0.320 e. The smallest absolute Gasteiger partial charge is 0.0971 e. The van der Waals surface area contributed by atoms with Gasteiger partial charge in [0, 0.05) is 0 Å². The number of unbranched alkanes of at least 4 members (excludes halogenated alkanes) is 7. The van der Waals surface area contributed by atoms with Gasteiger partial charge < -0.3 is 4.48 Å². The van der Waals surface area contributed by atoms with Crippen molar-refractivity contribution < 1.29 is 4.48 Å². The third-order valence-corrected chi connectivity index (χ3v) is 3.69. The van der Waals surface area contributed by atoms with Gasteiger partial charge in [0.05, 0.1) is 26.7 Å². The second-order valence-corrected chi connectivity index (χ2v) is 5.76. The molecule has 0 atom stereocenters. The summed E-state index contributed by atoms with van der Waals surface area (Å²) >= 11 is 0. The lowest BCUT2D eigenvalue weighted by Crippen LogP contribution is -2.44. The van der Waals surface area contributed by atoms with E-state index in [-0.39, 0.29) is 0 Å². The molecular weight excluding hydrogens is 218 g/mol. The molecule has 0 spiro atoms. The van der Waals surface area contributed by atoms with Gasteiger partial charge in [-0.15, -0.1) is 0 Å². The van der Waals surface area contributed by atoms with E-state index in [4.69, 9.17) is 0 Å². The summed E-state index contributed by atoms with van der Waals surface area (Å²) in [5.74, 6) is 0. The Balaban J connectivity index is 3.55. The third kappa shape index (κ3) is 9.47. The molecule has 0 radical (unpaired) electrons. The summed E-state index contributed by atoms with van der Waals surface area (Å²) in [6.45, 7) is 13.4. The molecule has 0 aliphatic carbocycles. The lowest BCUT2D eigenvalue weighted by atomic mass is 10.1. The Bertz CT molecular complexity index is 198. The number of hydrogen-bond donors (Lipinski definition) is 0. The van der Waals surface area contributed by atoms with E-state index in [1.807, 2.05) is 12.2 Å². The standard InChI is InChI=1S/C17H34N/c1-5-8-9-10-11-12-13-14-17-18(4,15-6-2)16-7-3/h6-7H,2-3,5,8-17H2,1,4H3/q+1. The van der Waals surface area contributed by atoms with E-state index in [1.165, 1.54) is 57.9 Å². The first-order valence-electron chi connectivity index (χ1n) is 7.74. The maximum Gasteiger partial charge on any atom is 0.0971 e. The molecule has 106 valence electrons. The SMILES string of the molecule is C=CC[N+](C)(CC=C)CCCCCCCCCC. The van der Waals surface area contributed by atoms with Crippen LogP contribution in [0.15, 0.2) is 25.3 Å². The van der Waals surface area contributed by atoms with Crippen LogP contribution in [0.5, 0.6) is 0 Å². The molecule has 0 aromatic heterocycles. The molecule has 1 nitrogen and oxygen atoms in total. The lowest BCUT2D eigenvalue weighted by Gasteiger charge is -2.32. The lowest BCUT2D eigenvalue weighted by molar-refractivity contribution is -0.898. The molecule has 18 heavy (non-hydrogen) atoms. The molecule has 0 N–H and O–H groups in total. The first-order chi connectivity index (χ1) is 8.68. The van der Waals surface area contributed by atoms with Crippen LogP contribution in [0.4, 0.5) is 0 Å². The van der Waals surface area contributed by atoms with Crippen LogP contribution < -0.4 is 0 Å². The summed E-state index contributed by atoms with van der Waals surface area (Å²) in [4.78, 5) is 0. The molecule has 0 aliphatic rings. The second-order valence-electron chi connectivity index (χ2n) is 5.76. The molecule has 0 heterocycles. The van der Waals surface area contributed by atoms with Gasteiger partial charge in [-0.2, -0.15) is 0 Å². The van der Waals surface area contributed by atoms with E-state index < -0.39 is 0 Å². The summed E-state index contributed by atoms with van der Waals surface area (Å²) in [6.07, 6.45) is 15.2. The van der Waals surface area contributed by atoms with Gasteiger partial charge in [0.2, 0.25) is 0 Å². The normalized spacial score (nSPS) is 11.4. The highest BCUT2D eigenvalue weighted by molar-refractivity contribution is 4.70. The Labute approximate surface area is 115 Å². The minimum Gasteiger partial charge on any atom is -0.320 e. The average molecular weight is 252 g/mol. The van der Waals surface area contributed by atoms with Crippen LogP contribution in [0.25, 0.3) is 0 Å². The maximum atomic E-state index is 3.86. The Morgan fingerprint density at radius 2 is 1.22 bits per heavy atom. The van der Waals surface area contributed by atoms with E-state index in [2.05, 4.69) is 27.1 Å². The van der Waals surface area contributed by atoms with Crippen molar-refractivity contribution in [2.24, 2.45) is 0 Å². The monoisotopic (exact) mass is 252 g/mol. The molecule has 0 rings (SSSR count). The van der Waals surface area contributed by atoms with Crippen molar-refractivity contribution in [3.8, 4) is 0 Å². The Morgan fingerprint density at radius 3 is 1.67 bits per heavy atom. The topological polar surface area (TPSA) is 0 Å². The Kier molecular flexibility index (Phi) is 11.2. The van der Waals surface area contributed by atoms with Gasteiger partial charge in [0.25, 0.3) is 0 Å². The van der Waals surface area contributed by atoms with Crippen LogP contribution in [0.2, 0.25) is 0 Å². The van der Waals surface area contributed by atoms with Crippen molar-refractivity contribution in [1.29, 1.82) is 0 Å². The average Bonchev–Trinajstić information content (AvgIpc) is 2.33. The molecule has 1 heteroatoms. The predicted molar refractivity (Wildman–Crippen MR) is 83.8 cm³/mol. The molecule has 0 unspecified atom stereocenters. The van der Waals surface area contributed by atoms with Crippen molar-refractivity contribution in [2.45, 2.75) is 58.3 Å². The summed E-state index contributed by atoms with van der Waals surface area (Å²) in [6, 6.07) is 0. The number of likely N-dealkylation sites (N-methyl/N-ethyl adjacent to an activating group) is 1. The molecular formula is C17H34N+. The molecule has 0 saturated carbocycles. The van der Waals surface area contributed by atoms with Crippen LogP contribution in [-0.4, -0.2) is 31.2 Å². The van der Waals surface area contributed by atoms with Crippen molar-refractivity contribution in [1.82, 2.24) is 0 Å². The van der Waals surface area contributed by atoms with Crippen molar-refractivity contribution in [2.75, 3.05) is 26.7 Å². The highest BCUT2D eigenvalue weighted by Gasteiger charge is 2.16. The molecule has 0 aliphatic heterocycles. The first kappa shape index (κ1) is 17.4. The van der Waals surface area contributed by atoms with Crippen LogP contribution in [0, 0.1) is 0 Å². The number of rotatable bonds is 13. The van der Waals surface area contributed by atoms with Gasteiger partial charge >= 0.3 is 0 Å². The minimum atomic E-state index is 1.06. The summed E-state index contributed by atoms with van der Waals surface area (Å²) in [7, 11) is 2.31. The van der Waals surface area contributed by atoms with E-state index in [0.717, 1.165) is 17.6 Å². The number of nitrogens with zero attached hydrogens (tertiary/aromatic N) is 1. The Morgan fingerprint density at radius 1 is 0.778 bits per heavy atom. The van der Waals surface area contributed by atoms with Crippen LogP contribution in [0.3, 0.4) is 0 Å².